The summed E-state index contributed by atoms with van der Waals surface area (Å²) in [4.78, 5) is 20.3. The topological polar surface area (TPSA) is 36.0 Å². The third-order valence-corrected chi connectivity index (χ3v) is 7.26. The Morgan fingerprint density at radius 1 is 1.10 bits per heavy atom. The second kappa shape index (κ2) is 11.1. The van der Waals surface area contributed by atoms with Crippen molar-refractivity contribution in [2.75, 3.05) is 60.0 Å². The van der Waals surface area contributed by atoms with Gasteiger partial charge < -0.3 is 14.5 Å². The maximum absolute atomic E-state index is 13.2. The normalized spacial score (nSPS) is 27.4. The van der Waals surface area contributed by atoms with E-state index in [1.165, 1.54) is 11.1 Å². The molecule has 0 aliphatic carbocycles. The highest BCUT2D eigenvalue weighted by Gasteiger charge is 2.48. The van der Waals surface area contributed by atoms with E-state index in [2.05, 4.69) is 52.9 Å². The third kappa shape index (κ3) is 5.13. The Labute approximate surface area is 193 Å². The van der Waals surface area contributed by atoms with Crippen LogP contribution in [0.5, 0.6) is 0 Å². The number of carbonyl (C=O) groups excluding carboxylic acids is 1. The summed E-state index contributed by atoms with van der Waals surface area (Å²) in [5.74, 6) is 1.80. The smallest absolute Gasteiger partial charge is 0.225 e. The molecule has 0 unspecified atom stereocenters. The zero-order valence-electron chi connectivity index (χ0n) is 18.5. The number of piperidine rings is 1. The van der Waals surface area contributed by atoms with Crippen molar-refractivity contribution in [2.24, 2.45) is 17.8 Å². The number of amides is 1. The molecule has 30 heavy (non-hydrogen) atoms. The van der Waals surface area contributed by atoms with E-state index in [1.54, 1.807) is 7.11 Å². The Morgan fingerprint density at radius 3 is 2.47 bits per heavy atom. The molecule has 4 rings (SSSR count). The molecule has 0 saturated carbocycles. The van der Waals surface area contributed by atoms with Crippen LogP contribution in [0.25, 0.3) is 0 Å². The summed E-state index contributed by atoms with van der Waals surface area (Å²) < 4.78 is 5.19. The van der Waals surface area contributed by atoms with E-state index in [0.717, 1.165) is 58.7 Å². The van der Waals surface area contributed by atoms with Gasteiger partial charge in [-0.15, -0.1) is 24.8 Å². The number of benzene rings is 1. The van der Waals surface area contributed by atoms with Crippen molar-refractivity contribution in [1.82, 2.24) is 14.7 Å². The Kier molecular flexibility index (Phi) is 9.44. The van der Waals surface area contributed by atoms with Crippen LogP contribution in [0.2, 0.25) is 0 Å². The van der Waals surface area contributed by atoms with Gasteiger partial charge in [0.2, 0.25) is 5.91 Å². The fraction of sp³-hybridized carbons (Fsp3) is 0.696. The van der Waals surface area contributed by atoms with E-state index in [0.29, 0.717) is 23.8 Å². The summed E-state index contributed by atoms with van der Waals surface area (Å²) in [5.41, 5.74) is 2.81. The number of nitrogens with zero attached hydrogens (tertiary/aromatic N) is 3. The van der Waals surface area contributed by atoms with E-state index in [-0.39, 0.29) is 30.7 Å². The summed E-state index contributed by atoms with van der Waals surface area (Å²) in [6.07, 6.45) is 1.99. The first-order valence-electron chi connectivity index (χ1n) is 10.8. The molecule has 7 heteroatoms. The van der Waals surface area contributed by atoms with Gasteiger partial charge in [0.25, 0.3) is 0 Å². The van der Waals surface area contributed by atoms with Gasteiger partial charge in [-0.2, -0.15) is 0 Å². The van der Waals surface area contributed by atoms with Crippen LogP contribution in [-0.2, 0) is 9.53 Å². The lowest BCUT2D eigenvalue weighted by Crippen LogP contribution is -2.43. The highest BCUT2D eigenvalue weighted by molar-refractivity contribution is 5.85. The second-order valence-electron chi connectivity index (χ2n) is 9.02. The van der Waals surface area contributed by atoms with Crippen LogP contribution in [-0.4, -0.2) is 80.6 Å². The van der Waals surface area contributed by atoms with Crippen molar-refractivity contribution in [3.63, 3.8) is 0 Å². The van der Waals surface area contributed by atoms with Crippen molar-refractivity contribution in [3.8, 4) is 0 Å². The van der Waals surface area contributed by atoms with Gasteiger partial charge in [-0.1, -0.05) is 24.3 Å². The van der Waals surface area contributed by atoms with Gasteiger partial charge in [-0.05, 0) is 56.9 Å². The van der Waals surface area contributed by atoms with Gasteiger partial charge >= 0.3 is 0 Å². The first-order chi connectivity index (χ1) is 13.6. The van der Waals surface area contributed by atoms with E-state index in [9.17, 15) is 4.79 Å². The Bertz CT molecular complexity index is 697. The number of hydrogen-bond acceptors (Lipinski definition) is 4. The molecule has 5 nitrogen and oxygen atoms in total. The lowest BCUT2D eigenvalue weighted by Gasteiger charge is -2.34. The lowest BCUT2D eigenvalue weighted by molar-refractivity contribution is -0.136. The maximum Gasteiger partial charge on any atom is 0.225 e. The molecule has 3 saturated heterocycles. The van der Waals surface area contributed by atoms with Crippen molar-refractivity contribution in [1.29, 1.82) is 0 Å². The Hall–Kier alpha value is -0.850. The van der Waals surface area contributed by atoms with Crippen LogP contribution in [0.1, 0.15) is 30.0 Å². The molecule has 0 radical (unpaired) electrons. The zero-order valence-corrected chi connectivity index (χ0v) is 20.1. The fourth-order valence-electron chi connectivity index (χ4n) is 5.71. The number of aryl methyl sites for hydroxylation is 1. The molecule has 3 aliphatic rings. The predicted molar refractivity (Wildman–Crippen MR) is 126 cm³/mol. The molecular weight excluding hydrogens is 421 g/mol. The van der Waals surface area contributed by atoms with E-state index in [4.69, 9.17) is 4.74 Å². The summed E-state index contributed by atoms with van der Waals surface area (Å²) >= 11 is 0. The first-order valence-corrected chi connectivity index (χ1v) is 10.8. The molecule has 0 spiro atoms. The summed E-state index contributed by atoms with van der Waals surface area (Å²) in [5, 5.41) is 0. The standard InChI is InChI=1S/C23H35N3O2.2ClH/c1-17-6-4-5-7-20(17)22-21-16-26(15-19(21)14-24(22)2)23(27)18-8-10-25(11-9-18)12-13-28-3;;/h4-7,18-19,21-22H,8-16H2,1-3H3;2*1H/t19-,21+,22-;;/m0../s1. The average Bonchev–Trinajstić information content (AvgIpc) is 3.23. The molecule has 3 atom stereocenters. The number of hydrogen-bond donors (Lipinski definition) is 0. The fourth-order valence-corrected chi connectivity index (χ4v) is 5.71. The number of carbonyl (C=O) groups is 1. The minimum absolute atomic E-state index is 0. The number of halogens is 2. The van der Waals surface area contributed by atoms with Gasteiger partial charge in [-0.3, -0.25) is 9.69 Å². The van der Waals surface area contributed by atoms with Crippen LogP contribution in [0.15, 0.2) is 24.3 Å². The number of fused-ring (bicyclic) bond motifs is 1. The number of ether oxygens (including phenoxy) is 1. The van der Waals surface area contributed by atoms with Gasteiger partial charge in [-0.25, -0.2) is 0 Å². The minimum atomic E-state index is 0. The SMILES string of the molecule is COCCN1CCC(C(=O)N2C[C@@H]3CN(C)[C@@H](c4ccccc4C)[C@@H]3C2)CC1.Cl.Cl. The molecule has 0 bridgehead atoms. The predicted octanol–water partition coefficient (Wildman–Crippen LogP) is 3.26. The van der Waals surface area contributed by atoms with Crippen LogP contribution >= 0.6 is 24.8 Å². The van der Waals surface area contributed by atoms with Crippen LogP contribution in [0.3, 0.4) is 0 Å². The van der Waals surface area contributed by atoms with Gasteiger partial charge in [0.1, 0.15) is 0 Å². The number of likely N-dealkylation sites (tertiary alicyclic amines) is 3. The maximum atomic E-state index is 13.2. The molecule has 3 fully saturated rings. The lowest BCUT2D eigenvalue weighted by atomic mass is 9.88. The van der Waals surface area contributed by atoms with Crippen molar-refractivity contribution >= 4 is 30.7 Å². The highest BCUT2D eigenvalue weighted by atomic mass is 35.5. The molecule has 1 aromatic carbocycles. The van der Waals surface area contributed by atoms with E-state index >= 15 is 0 Å². The highest BCUT2D eigenvalue weighted by Crippen LogP contribution is 2.45. The summed E-state index contributed by atoms with van der Waals surface area (Å²) in [6.45, 7) is 8.99. The molecule has 3 aliphatic heterocycles. The number of rotatable bonds is 5. The van der Waals surface area contributed by atoms with E-state index in [1.807, 2.05) is 0 Å². The van der Waals surface area contributed by atoms with Crippen molar-refractivity contribution in [3.05, 3.63) is 35.4 Å². The van der Waals surface area contributed by atoms with E-state index < -0.39 is 0 Å². The monoisotopic (exact) mass is 457 g/mol. The molecule has 1 aromatic rings. The quantitative estimate of drug-likeness (QED) is 0.679. The Balaban J connectivity index is 0.00000160. The molecule has 0 aromatic heterocycles. The average molecular weight is 458 g/mol. The van der Waals surface area contributed by atoms with Gasteiger partial charge in [0, 0.05) is 51.2 Å². The summed E-state index contributed by atoms with van der Waals surface area (Å²) in [7, 11) is 4.00. The van der Waals surface area contributed by atoms with Crippen LogP contribution < -0.4 is 0 Å². The second-order valence-corrected chi connectivity index (χ2v) is 9.02. The molecular formula is C23H37Cl2N3O2. The largest absolute Gasteiger partial charge is 0.383 e. The molecule has 0 N–H and O–H groups in total. The molecule has 170 valence electrons. The van der Waals surface area contributed by atoms with Crippen molar-refractivity contribution < 1.29 is 9.53 Å². The van der Waals surface area contributed by atoms with Crippen LogP contribution in [0.4, 0.5) is 0 Å². The zero-order chi connectivity index (χ0) is 19.7. The third-order valence-electron chi connectivity index (χ3n) is 7.26. The first kappa shape index (κ1) is 25.4. The minimum Gasteiger partial charge on any atom is -0.383 e. The number of methoxy groups -OCH3 is 1. The van der Waals surface area contributed by atoms with Crippen LogP contribution in [0, 0.1) is 24.7 Å². The summed E-state index contributed by atoms with van der Waals surface area (Å²) in [6, 6.07) is 9.21. The molecule has 3 heterocycles. The van der Waals surface area contributed by atoms with Gasteiger partial charge in [0.05, 0.1) is 6.61 Å². The van der Waals surface area contributed by atoms with Gasteiger partial charge in [0.15, 0.2) is 0 Å². The van der Waals surface area contributed by atoms with Crippen molar-refractivity contribution in [2.45, 2.75) is 25.8 Å². The Morgan fingerprint density at radius 2 is 1.80 bits per heavy atom. The molecule has 1 amide bonds.